The van der Waals surface area contributed by atoms with Crippen molar-refractivity contribution in [1.29, 1.82) is 0 Å². The van der Waals surface area contributed by atoms with E-state index in [9.17, 15) is 4.79 Å². The molecule has 1 aromatic heterocycles. The normalized spacial score (nSPS) is 10.4. The molecular formula is C14H13Cl2N3OS. The van der Waals surface area contributed by atoms with Gasteiger partial charge in [-0.3, -0.25) is 4.79 Å². The van der Waals surface area contributed by atoms with Crippen LogP contribution in [0.1, 0.15) is 23.0 Å². The van der Waals surface area contributed by atoms with Gasteiger partial charge in [-0.2, -0.15) is 0 Å². The molecule has 4 nitrogen and oxygen atoms in total. The number of amides is 1. The van der Waals surface area contributed by atoms with E-state index in [0.717, 1.165) is 11.3 Å². The molecule has 0 radical (unpaired) electrons. The first kappa shape index (κ1) is 16.1. The quantitative estimate of drug-likeness (QED) is 0.663. The first-order chi connectivity index (χ1) is 10.1. The Labute approximate surface area is 137 Å². The maximum absolute atomic E-state index is 12.2. The van der Waals surface area contributed by atoms with Crippen LogP contribution in [0.2, 0.25) is 10.0 Å². The Bertz CT molecular complexity index is 652. The van der Waals surface area contributed by atoms with Gasteiger partial charge in [0.2, 0.25) is 0 Å². The predicted octanol–water partition coefficient (Wildman–Crippen LogP) is 3.83. The summed E-state index contributed by atoms with van der Waals surface area (Å²) in [5, 5.41) is 4.13. The number of nitrogens with one attached hydrogen (secondary N) is 1. The van der Waals surface area contributed by atoms with Gasteiger partial charge in [-0.1, -0.05) is 60.1 Å². The van der Waals surface area contributed by atoms with Gasteiger partial charge < -0.3 is 5.32 Å². The Morgan fingerprint density at radius 1 is 1.29 bits per heavy atom. The highest BCUT2D eigenvalue weighted by molar-refractivity contribution is 7.99. The third-order valence-electron chi connectivity index (χ3n) is 2.61. The molecule has 2 aromatic rings. The molecule has 7 heteroatoms. The summed E-state index contributed by atoms with van der Waals surface area (Å²) in [5.74, 6) is 0.475. The number of benzene rings is 1. The summed E-state index contributed by atoms with van der Waals surface area (Å²) in [7, 11) is 0. The molecule has 0 unspecified atom stereocenters. The van der Waals surface area contributed by atoms with Crippen LogP contribution in [-0.4, -0.2) is 21.6 Å². The molecular weight excluding hydrogens is 329 g/mol. The van der Waals surface area contributed by atoms with Crippen molar-refractivity contribution in [3.63, 3.8) is 0 Å². The van der Waals surface area contributed by atoms with Gasteiger partial charge in [0, 0.05) is 11.6 Å². The first-order valence-electron chi connectivity index (χ1n) is 6.28. The largest absolute Gasteiger partial charge is 0.347 e. The number of carbonyl (C=O) groups excluding carboxylic acids is 1. The van der Waals surface area contributed by atoms with E-state index in [2.05, 4.69) is 15.3 Å². The van der Waals surface area contributed by atoms with Gasteiger partial charge in [0.15, 0.2) is 10.9 Å². The van der Waals surface area contributed by atoms with Crippen molar-refractivity contribution in [2.45, 2.75) is 18.6 Å². The van der Waals surface area contributed by atoms with Gasteiger partial charge in [0.25, 0.3) is 5.91 Å². The minimum atomic E-state index is -0.347. The fourth-order valence-electron chi connectivity index (χ4n) is 1.61. The van der Waals surface area contributed by atoms with Crippen LogP contribution in [0.25, 0.3) is 0 Å². The minimum Gasteiger partial charge on any atom is -0.347 e. The van der Waals surface area contributed by atoms with Gasteiger partial charge in [0.05, 0.1) is 11.2 Å². The van der Waals surface area contributed by atoms with Crippen molar-refractivity contribution in [3.05, 3.63) is 51.8 Å². The Balaban J connectivity index is 2.10. The summed E-state index contributed by atoms with van der Waals surface area (Å²) in [6.07, 6.45) is 1.44. The molecule has 0 bridgehead atoms. The number of thioether (sulfide) groups is 1. The standard InChI is InChI=1S/C14H13Cl2N3OS/c1-2-21-14-18-8-11(16)12(19-14)13(20)17-7-9-5-3-4-6-10(9)15/h3-6,8H,2,7H2,1H3,(H,17,20). The fraction of sp³-hybridized carbons (Fsp3) is 0.214. The van der Waals surface area contributed by atoms with Crippen molar-refractivity contribution in [1.82, 2.24) is 15.3 Å². The molecule has 1 amide bonds. The number of hydrogen-bond donors (Lipinski definition) is 1. The maximum atomic E-state index is 12.2. The van der Waals surface area contributed by atoms with Gasteiger partial charge in [-0.15, -0.1) is 0 Å². The van der Waals surface area contributed by atoms with E-state index in [1.807, 2.05) is 25.1 Å². The Kier molecular flexibility index (Phi) is 5.85. The molecule has 2 rings (SSSR count). The van der Waals surface area contributed by atoms with Crippen LogP contribution in [-0.2, 0) is 6.54 Å². The molecule has 0 saturated heterocycles. The van der Waals surface area contributed by atoms with Crippen LogP contribution >= 0.6 is 35.0 Å². The highest BCUT2D eigenvalue weighted by atomic mass is 35.5. The van der Waals surface area contributed by atoms with E-state index in [4.69, 9.17) is 23.2 Å². The lowest BCUT2D eigenvalue weighted by Crippen LogP contribution is -2.24. The van der Waals surface area contributed by atoms with E-state index >= 15 is 0 Å². The number of halogens is 2. The summed E-state index contributed by atoms with van der Waals surface area (Å²) in [6, 6.07) is 7.32. The number of aromatic nitrogens is 2. The minimum absolute atomic E-state index is 0.176. The van der Waals surface area contributed by atoms with E-state index in [-0.39, 0.29) is 16.6 Å². The lowest BCUT2D eigenvalue weighted by molar-refractivity contribution is 0.0945. The molecule has 110 valence electrons. The second-order valence-corrected chi connectivity index (χ2v) is 6.10. The molecule has 0 aliphatic rings. The van der Waals surface area contributed by atoms with Gasteiger partial charge in [-0.25, -0.2) is 9.97 Å². The lowest BCUT2D eigenvalue weighted by Gasteiger charge is -2.08. The zero-order valence-electron chi connectivity index (χ0n) is 11.3. The first-order valence-corrected chi connectivity index (χ1v) is 8.03. The summed E-state index contributed by atoms with van der Waals surface area (Å²) < 4.78 is 0. The van der Waals surface area contributed by atoms with Crippen LogP contribution in [0, 0.1) is 0 Å². The van der Waals surface area contributed by atoms with Crippen molar-refractivity contribution in [2.75, 3.05) is 5.75 Å². The Morgan fingerprint density at radius 3 is 2.76 bits per heavy atom. The molecule has 0 aliphatic heterocycles. The summed E-state index contributed by atoms with van der Waals surface area (Å²) in [6.45, 7) is 2.30. The molecule has 0 fully saturated rings. The van der Waals surface area contributed by atoms with Crippen LogP contribution in [0.15, 0.2) is 35.6 Å². The second kappa shape index (κ2) is 7.64. The van der Waals surface area contributed by atoms with Crippen molar-refractivity contribution >= 4 is 40.9 Å². The van der Waals surface area contributed by atoms with Crippen LogP contribution < -0.4 is 5.32 Å². The third kappa shape index (κ3) is 4.33. The summed E-state index contributed by atoms with van der Waals surface area (Å²) in [4.78, 5) is 20.4. The van der Waals surface area contributed by atoms with Gasteiger partial charge in [-0.05, 0) is 17.4 Å². The van der Waals surface area contributed by atoms with Gasteiger partial charge in [0.1, 0.15) is 0 Å². The maximum Gasteiger partial charge on any atom is 0.271 e. The Hall–Kier alpha value is -1.30. The molecule has 0 aliphatic carbocycles. The van der Waals surface area contributed by atoms with Crippen molar-refractivity contribution in [2.24, 2.45) is 0 Å². The number of carbonyl (C=O) groups is 1. The molecule has 0 atom stereocenters. The molecule has 1 heterocycles. The van der Waals surface area contributed by atoms with Crippen molar-refractivity contribution < 1.29 is 4.79 Å². The third-order valence-corrected chi connectivity index (χ3v) is 4.00. The monoisotopic (exact) mass is 341 g/mol. The smallest absolute Gasteiger partial charge is 0.271 e. The molecule has 0 saturated carbocycles. The SMILES string of the molecule is CCSc1ncc(Cl)c(C(=O)NCc2ccccc2Cl)n1. The molecule has 21 heavy (non-hydrogen) atoms. The van der Waals surface area contributed by atoms with E-state index in [1.54, 1.807) is 6.07 Å². The number of hydrogen-bond acceptors (Lipinski definition) is 4. The summed E-state index contributed by atoms with van der Waals surface area (Å²) in [5.41, 5.74) is 1.01. The van der Waals surface area contributed by atoms with E-state index in [1.165, 1.54) is 18.0 Å². The highest BCUT2D eigenvalue weighted by Gasteiger charge is 2.14. The average molecular weight is 342 g/mol. The topological polar surface area (TPSA) is 54.9 Å². The predicted molar refractivity (Wildman–Crippen MR) is 86.1 cm³/mol. The zero-order valence-corrected chi connectivity index (χ0v) is 13.6. The fourth-order valence-corrected chi connectivity index (χ4v) is 2.53. The Morgan fingerprint density at radius 2 is 2.05 bits per heavy atom. The zero-order chi connectivity index (χ0) is 15.2. The lowest BCUT2D eigenvalue weighted by atomic mass is 10.2. The van der Waals surface area contributed by atoms with E-state index < -0.39 is 0 Å². The van der Waals surface area contributed by atoms with Crippen LogP contribution in [0.4, 0.5) is 0 Å². The highest BCUT2D eigenvalue weighted by Crippen LogP contribution is 2.19. The molecule has 0 spiro atoms. The number of nitrogens with zero attached hydrogens (tertiary/aromatic N) is 2. The molecule has 1 N–H and O–H groups in total. The van der Waals surface area contributed by atoms with Gasteiger partial charge >= 0.3 is 0 Å². The van der Waals surface area contributed by atoms with Crippen LogP contribution in [0.3, 0.4) is 0 Å². The second-order valence-electron chi connectivity index (χ2n) is 4.06. The number of rotatable bonds is 5. The average Bonchev–Trinajstić information content (AvgIpc) is 2.48. The van der Waals surface area contributed by atoms with E-state index in [0.29, 0.717) is 16.7 Å². The molecule has 1 aromatic carbocycles. The van der Waals surface area contributed by atoms with Crippen LogP contribution in [0.5, 0.6) is 0 Å². The van der Waals surface area contributed by atoms with Crippen molar-refractivity contribution in [3.8, 4) is 0 Å². The summed E-state index contributed by atoms with van der Waals surface area (Å²) >= 11 is 13.5.